The molecule has 0 saturated heterocycles. The number of benzene rings is 2. The van der Waals surface area contributed by atoms with Crippen molar-refractivity contribution in [3.63, 3.8) is 0 Å². The van der Waals surface area contributed by atoms with Crippen LogP contribution >= 0.6 is 69.6 Å². The van der Waals surface area contributed by atoms with Crippen LogP contribution in [-0.4, -0.2) is 22.7 Å². The summed E-state index contributed by atoms with van der Waals surface area (Å²) in [4.78, 5) is 25.2. The summed E-state index contributed by atoms with van der Waals surface area (Å²) < 4.78 is -1.33. The third-order valence-electron chi connectivity index (χ3n) is 4.67. The van der Waals surface area contributed by atoms with Crippen LogP contribution < -0.4 is 10.6 Å². The molecule has 10 heteroatoms. The summed E-state index contributed by atoms with van der Waals surface area (Å²) in [5, 5.41) is 6.60. The summed E-state index contributed by atoms with van der Waals surface area (Å²) in [7, 11) is 0. The molecule has 0 radical (unpaired) electrons. The minimum Gasteiger partial charge on any atom is -0.352 e. The van der Waals surface area contributed by atoms with Crippen molar-refractivity contribution in [1.29, 1.82) is 0 Å². The summed E-state index contributed by atoms with van der Waals surface area (Å²) in [5.41, 5.74) is 1.08. The van der Waals surface area contributed by atoms with Crippen molar-refractivity contribution in [1.82, 2.24) is 5.32 Å². The SMILES string of the molecule is CCCNC(=O)c1cc(NC(=O)C2C(c3cc(Cl)cc(Cl)c3)C2(Cl)Cl)c(Cl)cc1Cl. The summed E-state index contributed by atoms with van der Waals surface area (Å²) in [6.07, 6.45) is 0.769. The lowest BCUT2D eigenvalue weighted by molar-refractivity contribution is -0.117. The standard InChI is InChI=1S/C20H16Cl6N2O2/c1-2-3-27-18(29)12-7-15(14(24)8-13(12)23)28-19(30)17-16(20(17,25)26)9-4-10(21)6-11(22)5-9/h4-8,16-17H,2-3H2,1H3,(H,27,29)(H,28,30). The van der Waals surface area contributed by atoms with Crippen LogP contribution in [0.2, 0.25) is 20.1 Å². The third kappa shape index (κ3) is 4.95. The Morgan fingerprint density at radius 1 is 0.967 bits per heavy atom. The Morgan fingerprint density at radius 2 is 1.60 bits per heavy atom. The largest absolute Gasteiger partial charge is 0.352 e. The van der Waals surface area contributed by atoms with E-state index in [4.69, 9.17) is 69.6 Å². The molecule has 2 unspecified atom stereocenters. The minimum absolute atomic E-state index is 0.175. The first kappa shape index (κ1) is 23.8. The highest BCUT2D eigenvalue weighted by Gasteiger charge is 2.67. The number of rotatable bonds is 6. The molecular weight excluding hydrogens is 513 g/mol. The highest BCUT2D eigenvalue weighted by Crippen LogP contribution is 2.65. The molecule has 160 valence electrons. The van der Waals surface area contributed by atoms with Crippen LogP contribution in [0.3, 0.4) is 0 Å². The second kappa shape index (κ2) is 9.32. The van der Waals surface area contributed by atoms with E-state index in [1.54, 1.807) is 18.2 Å². The molecule has 0 spiro atoms. The summed E-state index contributed by atoms with van der Waals surface area (Å²) in [5.74, 6) is -2.09. The van der Waals surface area contributed by atoms with E-state index in [1.165, 1.54) is 12.1 Å². The molecule has 1 aliphatic rings. The van der Waals surface area contributed by atoms with Gasteiger partial charge in [-0.15, -0.1) is 23.2 Å². The molecule has 3 rings (SSSR count). The lowest BCUT2D eigenvalue weighted by atomic mass is 10.1. The van der Waals surface area contributed by atoms with Crippen LogP contribution in [0.1, 0.15) is 35.2 Å². The van der Waals surface area contributed by atoms with E-state index < -0.39 is 22.1 Å². The Bertz CT molecular complexity index is 991. The second-order valence-electron chi connectivity index (χ2n) is 6.89. The highest BCUT2D eigenvalue weighted by atomic mass is 35.5. The Balaban J connectivity index is 1.83. The Kier molecular flexibility index (Phi) is 7.38. The zero-order valence-electron chi connectivity index (χ0n) is 15.5. The number of nitrogens with one attached hydrogen (secondary N) is 2. The van der Waals surface area contributed by atoms with Gasteiger partial charge in [0.15, 0.2) is 0 Å². The maximum absolute atomic E-state index is 12.9. The van der Waals surface area contributed by atoms with Gasteiger partial charge in [-0.25, -0.2) is 0 Å². The number of carbonyl (C=O) groups is 2. The molecule has 2 N–H and O–H groups in total. The predicted molar refractivity (Wildman–Crippen MR) is 125 cm³/mol. The van der Waals surface area contributed by atoms with Gasteiger partial charge in [0.05, 0.1) is 27.2 Å². The van der Waals surface area contributed by atoms with E-state index in [0.717, 1.165) is 6.42 Å². The first-order chi connectivity index (χ1) is 14.1. The Hall–Kier alpha value is -0.880. The zero-order chi connectivity index (χ0) is 22.2. The van der Waals surface area contributed by atoms with Crippen molar-refractivity contribution in [2.75, 3.05) is 11.9 Å². The monoisotopic (exact) mass is 526 g/mol. The zero-order valence-corrected chi connectivity index (χ0v) is 20.1. The van der Waals surface area contributed by atoms with Gasteiger partial charge in [0, 0.05) is 22.5 Å². The van der Waals surface area contributed by atoms with E-state index in [-0.39, 0.29) is 27.2 Å². The summed E-state index contributed by atoms with van der Waals surface area (Å²) in [6.45, 7) is 2.42. The van der Waals surface area contributed by atoms with Crippen molar-refractivity contribution in [3.05, 3.63) is 61.5 Å². The molecule has 1 fully saturated rings. The van der Waals surface area contributed by atoms with Gasteiger partial charge >= 0.3 is 0 Å². The van der Waals surface area contributed by atoms with Crippen molar-refractivity contribution in [2.24, 2.45) is 5.92 Å². The number of anilines is 1. The lowest BCUT2D eigenvalue weighted by Crippen LogP contribution is -2.25. The van der Waals surface area contributed by atoms with Gasteiger partial charge in [-0.3, -0.25) is 9.59 Å². The van der Waals surface area contributed by atoms with Crippen molar-refractivity contribution >= 4 is 87.1 Å². The van der Waals surface area contributed by atoms with Gasteiger partial charge in [-0.2, -0.15) is 0 Å². The summed E-state index contributed by atoms with van der Waals surface area (Å²) >= 11 is 37.2. The van der Waals surface area contributed by atoms with Crippen LogP contribution in [0.25, 0.3) is 0 Å². The number of halogens is 6. The normalized spacial score (nSPS) is 19.3. The molecule has 1 saturated carbocycles. The summed E-state index contributed by atoms with van der Waals surface area (Å²) in [6, 6.07) is 7.72. The minimum atomic E-state index is -1.33. The Morgan fingerprint density at radius 3 is 2.20 bits per heavy atom. The fourth-order valence-corrected chi connectivity index (χ4v) is 5.07. The molecule has 0 bridgehead atoms. The number of amides is 2. The molecule has 0 aliphatic heterocycles. The maximum atomic E-state index is 12.9. The van der Waals surface area contributed by atoms with Gasteiger partial charge in [-0.05, 0) is 42.3 Å². The molecular formula is C20H16Cl6N2O2. The smallest absolute Gasteiger partial charge is 0.252 e. The first-order valence-corrected chi connectivity index (χ1v) is 11.2. The molecule has 2 atom stereocenters. The van der Waals surface area contributed by atoms with Crippen LogP contribution in [0, 0.1) is 5.92 Å². The van der Waals surface area contributed by atoms with E-state index in [0.29, 0.717) is 22.2 Å². The number of carbonyl (C=O) groups excluding carboxylic acids is 2. The van der Waals surface area contributed by atoms with Crippen LogP contribution in [-0.2, 0) is 4.79 Å². The van der Waals surface area contributed by atoms with Gasteiger partial charge in [0.2, 0.25) is 5.91 Å². The van der Waals surface area contributed by atoms with Crippen LogP contribution in [0.15, 0.2) is 30.3 Å². The van der Waals surface area contributed by atoms with E-state index in [2.05, 4.69) is 10.6 Å². The second-order valence-corrected chi connectivity index (χ2v) is 10.0. The quantitative estimate of drug-likeness (QED) is 0.398. The van der Waals surface area contributed by atoms with Gasteiger partial charge in [0.25, 0.3) is 5.91 Å². The lowest BCUT2D eigenvalue weighted by Gasteiger charge is -2.12. The number of alkyl halides is 2. The average Bonchev–Trinajstić information content (AvgIpc) is 3.23. The molecule has 2 aromatic rings. The predicted octanol–water partition coefficient (Wildman–Crippen LogP) is 6.97. The number of hydrogen-bond donors (Lipinski definition) is 2. The van der Waals surface area contributed by atoms with Crippen LogP contribution in [0.4, 0.5) is 5.69 Å². The van der Waals surface area contributed by atoms with Crippen molar-refractivity contribution < 1.29 is 9.59 Å². The van der Waals surface area contributed by atoms with Gasteiger partial charge in [-0.1, -0.05) is 53.3 Å². The third-order valence-corrected chi connectivity index (χ3v) is 6.68. The fraction of sp³-hybridized carbons (Fsp3) is 0.300. The van der Waals surface area contributed by atoms with Crippen LogP contribution in [0.5, 0.6) is 0 Å². The highest BCUT2D eigenvalue weighted by molar-refractivity contribution is 6.53. The maximum Gasteiger partial charge on any atom is 0.252 e. The average molecular weight is 529 g/mol. The van der Waals surface area contributed by atoms with Crippen molar-refractivity contribution in [2.45, 2.75) is 23.6 Å². The fourth-order valence-electron chi connectivity index (χ4n) is 3.19. The first-order valence-electron chi connectivity index (χ1n) is 8.98. The topological polar surface area (TPSA) is 58.2 Å². The Labute approximate surface area is 204 Å². The van der Waals surface area contributed by atoms with Gasteiger partial charge in [0.1, 0.15) is 4.33 Å². The molecule has 2 aromatic carbocycles. The molecule has 1 aliphatic carbocycles. The molecule has 4 nitrogen and oxygen atoms in total. The van der Waals surface area contributed by atoms with E-state index in [9.17, 15) is 9.59 Å². The van der Waals surface area contributed by atoms with E-state index >= 15 is 0 Å². The molecule has 2 amide bonds. The number of hydrogen-bond acceptors (Lipinski definition) is 2. The molecule has 30 heavy (non-hydrogen) atoms. The van der Waals surface area contributed by atoms with Gasteiger partial charge < -0.3 is 10.6 Å². The molecule has 0 heterocycles. The van der Waals surface area contributed by atoms with E-state index in [1.807, 2.05) is 6.92 Å². The van der Waals surface area contributed by atoms with Crippen molar-refractivity contribution in [3.8, 4) is 0 Å². The molecule has 0 aromatic heterocycles.